The van der Waals surface area contributed by atoms with Gasteiger partial charge in [-0.1, -0.05) is 25.7 Å². The second-order valence-corrected chi connectivity index (χ2v) is 6.19. The fourth-order valence-corrected chi connectivity index (χ4v) is 2.47. The van der Waals surface area contributed by atoms with Crippen LogP contribution in [-0.4, -0.2) is 23.5 Å². The minimum Gasteiger partial charge on any atom is -0.444 e. The highest BCUT2D eigenvalue weighted by molar-refractivity contribution is 5.69. The van der Waals surface area contributed by atoms with Gasteiger partial charge in [0.2, 0.25) is 0 Å². The van der Waals surface area contributed by atoms with Crippen molar-refractivity contribution in [2.45, 2.75) is 76.9 Å². The van der Waals surface area contributed by atoms with Gasteiger partial charge in [-0.2, -0.15) is 0 Å². The summed E-state index contributed by atoms with van der Waals surface area (Å²) in [4.78, 5) is 22.7. The quantitative estimate of drug-likeness (QED) is 0.622. The number of alkyl carbamates (subject to hydrolysis) is 1. The lowest BCUT2D eigenvalue weighted by molar-refractivity contribution is -0.109. The molecule has 0 aromatic rings. The molecule has 1 N–H and O–H groups in total. The van der Waals surface area contributed by atoms with E-state index in [1.165, 1.54) is 12.8 Å². The summed E-state index contributed by atoms with van der Waals surface area (Å²) in [5.41, 5.74) is -0.891. The molecular formula is C14H25NO3. The number of hydrogen-bond donors (Lipinski definition) is 1. The van der Waals surface area contributed by atoms with Gasteiger partial charge in [0, 0.05) is 12.0 Å². The van der Waals surface area contributed by atoms with Crippen LogP contribution in [0, 0.1) is 0 Å². The van der Waals surface area contributed by atoms with Gasteiger partial charge in [-0.25, -0.2) is 4.79 Å². The molecule has 1 saturated carbocycles. The summed E-state index contributed by atoms with van der Waals surface area (Å²) >= 11 is 0. The molecule has 0 aliphatic heterocycles. The van der Waals surface area contributed by atoms with Crippen LogP contribution < -0.4 is 5.32 Å². The number of rotatable bonds is 3. The van der Waals surface area contributed by atoms with E-state index in [0.717, 1.165) is 32.0 Å². The van der Waals surface area contributed by atoms with E-state index in [0.29, 0.717) is 6.42 Å². The van der Waals surface area contributed by atoms with Crippen LogP contribution in [0.2, 0.25) is 0 Å². The van der Waals surface area contributed by atoms with Crippen molar-refractivity contribution in [1.82, 2.24) is 5.32 Å². The molecule has 18 heavy (non-hydrogen) atoms. The molecule has 0 saturated heterocycles. The van der Waals surface area contributed by atoms with Gasteiger partial charge >= 0.3 is 6.09 Å². The van der Waals surface area contributed by atoms with Gasteiger partial charge in [0.25, 0.3) is 0 Å². The molecule has 0 bridgehead atoms. The first-order chi connectivity index (χ1) is 8.37. The highest BCUT2D eigenvalue weighted by atomic mass is 16.6. The van der Waals surface area contributed by atoms with Crippen molar-refractivity contribution in [2.75, 3.05) is 0 Å². The number of carbonyl (C=O) groups excluding carboxylic acids is 2. The zero-order valence-corrected chi connectivity index (χ0v) is 11.8. The van der Waals surface area contributed by atoms with Crippen molar-refractivity contribution in [3.63, 3.8) is 0 Å². The smallest absolute Gasteiger partial charge is 0.408 e. The van der Waals surface area contributed by atoms with E-state index in [9.17, 15) is 9.59 Å². The molecule has 1 aliphatic rings. The molecule has 0 heterocycles. The van der Waals surface area contributed by atoms with E-state index in [4.69, 9.17) is 4.74 Å². The Morgan fingerprint density at radius 3 is 2.22 bits per heavy atom. The third kappa shape index (κ3) is 5.07. The summed E-state index contributed by atoms with van der Waals surface area (Å²) in [5, 5.41) is 2.94. The number of hydrogen-bond acceptors (Lipinski definition) is 3. The molecule has 4 nitrogen and oxygen atoms in total. The van der Waals surface area contributed by atoms with Gasteiger partial charge in [0.1, 0.15) is 11.9 Å². The SMILES string of the molecule is CC(C)(C)OC(=O)NC1(CC=O)CCCCCC1. The third-order valence-corrected chi connectivity index (χ3v) is 3.30. The second-order valence-electron chi connectivity index (χ2n) is 6.19. The second kappa shape index (κ2) is 6.21. The predicted molar refractivity (Wildman–Crippen MR) is 70.5 cm³/mol. The number of carbonyl (C=O) groups is 2. The maximum absolute atomic E-state index is 11.9. The van der Waals surface area contributed by atoms with E-state index in [1.807, 2.05) is 20.8 Å². The first-order valence-electron chi connectivity index (χ1n) is 6.82. The summed E-state index contributed by atoms with van der Waals surface area (Å²) < 4.78 is 5.29. The van der Waals surface area contributed by atoms with Crippen LogP contribution in [0.5, 0.6) is 0 Å². The number of amides is 1. The van der Waals surface area contributed by atoms with E-state index in [-0.39, 0.29) is 5.54 Å². The first-order valence-corrected chi connectivity index (χ1v) is 6.82. The third-order valence-electron chi connectivity index (χ3n) is 3.30. The van der Waals surface area contributed by atoms with Crippen molar-refractivity contribution in [1.29, 1.82) is 0 Å². The van der Waals surface area contributed by atoms with Crippen LogP contribution in [0.15, 0.2) is 0 Å². The van der Waals surface area contributed by atoms with Crippen LogP contribution in [0.25, 0.3) is 0 Å². The van der Waals surface area contributed by atoms with Crippen molar-refractivity contribution in [2.24, 2.45) is 0 Å². The Bertz CT molecular complexity index is 286. The lowest BCUT2D eigenvalue weighted by Crippen LogP contribution is -2.50. The van der Waals surface area contributed by atoms with Crippen LogP contribution in [0.4, 0.5) is 4.79 Å². The van der Waals surface area contributed by atoms with Gasteiger partial charge in [0.05, 0.1) is 0 Å². The molecule has 104 valence electrons. The van der Waals surface area contributed by atoms with E-state index >= 15 is 0 Å². The summed E-state index contributed by atoms with van der Waals surface area (Å²) in [6, 6.07) is 0. The van der Waals surface area contributed by atoms with Crippen LogP contribution in [0.1, 0.15) is 65.7 Å². The van der Waals surface area contributed by atoms with E-state index in [2.05, 4.69) is 5.32 Å². The molecular weight excluding hydrogens is 230 g/mol. The molecule has 1 rings (SSSR count). The van der Waals surface area contributed by atoms with Crippen molar-refractivity contribution >= 4 is 12.4 Å². The molecule has 0 radical (unpaired) electrons. The Labute approximate surface area is 109 Å². The van der Waals surface area contributed by atoms with Crippen LogP contribution in [0.3, 0.4) is 0 Å². The number of aldehydes is 1. The zero-order chi connectivity index (χ0) is 13.6. The minimum absolute atomic E-state index is 0.381. The number of nitrogens with one attached hydrogen (secondary N) is 1. The minimum atomic E-state index is -0.503. The fraction of sp³-hybridized carbons (Fsp3) is 0.857. The van der Waals surface area contributed by atoms with Gasteiger partial charge < -0.3 is 14.8 Å². The van der Waals surface area contributed by atoms with Crippen molar-refractivity contribution in [3.8, 4) is 0 Å². The van der Waals surface area contributed by atoms with Gasteiger partial charge in [0.15, 0.2) is 0 Å². The van der Waals surface area contributed by atoms with E-state index in [1.54, 1.807) is 0 Å². The van der Waals surface area contributed by atoms with E-state index < -0.39 is 11.7 Å². The lowest BCUT2D eigenvalue weighted by atomic mass is 9.87. The molecule has 0 spiro atoms. The highest BCUT2D eigenvalue weighted by Gasteiger charge is 2.33. The normalized spacial score (nSPS) is 19.7. The summed E-state index contributed by atoms with van der Waals surface area (Å²) in [6.45, 7) is 5.52. The average Bonchev–Trinajstić information content (AvgIpc) is 2.41. The molecule has 1 amide bonds. The molecule has 4 heteroatoms. The molecule has 0 atom stereocenters. The topological polar surface area (TPSA) is 55.4 Å². The summed E-state index contributed by atoms with van der Waals surface area (Å²) in [7, 11) is 0. The summed E-state index contributed by atoms with van der Waals surface area (Å²) in [5.74, 6) is 0. The lowest BCUT2D eigenvalue weighted by Gasteiger charge is -2.33. The predicted octanol–water partition coefficient (Wildman–Crippen LogP) is 3.19. The first kappa shape index (κ1) is 15.0. The molecule has 0 unspecified atom stereocenters. The fourth-order valence-electron chi connectivity index (χ4n) is 2.47. The average molecular weight is 255 g/mol. The highest BCUT2D eigenvalue weighted by Crippen LogP contribution is 2.29. The van der Waals surface area contributed by atoms with Crippen molar-refractivity contribution < 1.29 is 14.3 Å². The van der Waals surface area contributed by atoms with Gasteiger partial charge in [-0.3, -0.25) is 0 Å². The Morgan fingerprint density at radius 2 is 1.78 bits per heavy atom. The van der Waals surface area contributed by atoms with Crippen molar-refractivity contribution in [3.05, 3.63) is 0 Å². The standard InChI is InChI=1S/C14H25NO3/c1-13(2,3)18-12(17)15-14(10-11-16)8-6-4-5-7-9-14/h11H,4-10H2,1-3H3,(H,15,17). The summed E-state index contributed by atoms with van der Waals surface area (Å²) in [6.07, 6.45) is 7.08. The van der Waals surface area contributed by atoms with Crippen LogP contribution >= 0.6 is 0 Å². The Balaban J connectivity index is 2.66. The Kier molecular flexibility index (Phi) is 5.17. The Hall–Kier alpha value is -1.06. The Morgan fingerprint density at radius 1 is 1.22 bits per heavy atom. The maximum Gasteiger partial charge on any atom is 0.408 e. The molecule has 1 aliphatic carbocycles. The molecule has 1 fully saturated rings. The number of ether oxygens (including phenoxy) is 1. The maximum atomic E-state index is 11.9. The molecule has 0 aromatic heterocycles. The van der Waals surface area contributed by atoms with Crippen LogP contribution in [-0.2, 0) is 9.53 Å². The van der Waals surface area contributed by atoms with Gasteiger partial charge in [-0.15, -0.1) is 0 Å². The molecule has 0 aromatic carbocycles. The zero-order valence-electron chi connectivity index (χ0n) is 11.8. The largest absolute Gasteiger partial charge is 0.444 e. The monoisotopic (exact) mass is 255 g/mol. The van der Waals surface area contributed by atoms with Gasteiger partial charge in [-0.05, 0) is 33.6 Å².